The first-order valence-corrected chi connectivity index (χ1v) is 11.6. The predicted molar refractivity (Wildman–Crippen MR) is 141 cm³/mol. The summed E-state index contributed by atoms with van der Waals surface area (Å²) in [5.41, 5.74) is 2.63. The van der Waals surface area contributed by atoms with Gasteiger partial charge < -0.3 is 10.1 Å². The number of fused-ring (bicyclic) bond motifs is 1. The van der Waals surface area contributed by atoms with Crippen molar-refractivity contribution < 1.29 is 13.9 Å². The number of aromatic nitrogens is 3. The minimum absolute atomic E-state index is 0.200. The molecule has 0 radical (unpaired) electrons. The van der Waals surface area contributed by atoms with Crippen molar-refractivity contribution in [2.45, 2.75) is 6.54 Å². The van der Waals surface area contributed by atoms with E-state index in [1.54, 1.807) is 54.3 Å². The van der Waals surface area contributed by atoms with Gasteiger partial charge in [-0.15, -0.1) is 0 Å². The van der Waals surface area contributed by atoms with Gasteiger partial charge in [-0.2, -0.15) is 5.10 Å². The second kappa shape index (κ2) is 10.3. The lowest BCUT2D eigenvalue weighted by atomic mass is 10.2. The van der Waals surface area contributed by atoms with Gasteiger partial charge in [0.2, 0.25) is 5.91 Å². The van der Waals surface area contributed by atoms with Crippen molar-refractivity contribution in [3.05, 3.63) is 124 Å². The summed E-state index contributed by atoms with van der Waals surface area (Å²) >= 11 is 0. The molecule has 1 amide bonds. The van der Waals surface area contributed by atoms with Crippen molar-refractivity contribution in [3.8, 4) is 11.6 Å². The number of methoxy groups -OCH3 is 1. The first-order chi connectivity index (χ1) is 18.0. The zero-order chi connectivity index (χ0) is 25.8. The SMILES string of the molecule is COc1ccc(/C=C/C(=O)Nc2cccc(Cn3nc(-n4ccc5ccc(F)cc54)ccc3=O)c2)cc1. The average molecular weight is 495 g/mol. The summed E-state index contributed by atoms with van der Waals surface area (Å²) in [5, 5.41) is 8.20. The van der Waals surface area contributed by atoms with Crippen molar-refractivity contribution in [1.29, 1.82) is 0 Å². The van der Waals surface area contributed by atoms with Gasteiger partial charge in [0.15, 0.2) is 5.82 Å². The quantitative estimate of drug-likeness (QED) is 0.322. The molecule has 0 saturated heterocycles. The molecule has 0 aliphatic heterocycles. The first kappa shape index (κ1) is 23.7. The van der Waals surface area contributed by atoms with E-state index in [9.17, 15) is 14.0 Å². The highest BCUT2D eigenvalue weighted by Gasteiger charge is 2.09. The van der Waals surface area contributed by atoms with Crippen LogP contribution in [0.5, 0.6) is 5.75 Å². The van der Waals surface area contributed by atoms with Crippen LogP contribution < -0.4 is 15.6 Å². The number of nitrogens with zero attached hydrogens (tertiary/aromatic N) is 3. The Morgan fingerprint density at radius 2 is 1.86 bits per heavy atom. The van der Waals surface area contributed by atoms with Crippen LogP contribution in [0.3, 0.4) is 0 Å². The van der Waals surface area contributed by atoms with Crippen molar-refractivity contribution in [2.24, 2.45) is 0 Å². The number of rotatable bonds is 7. The van der Waals surface area contributed by atoms with Crippen molar-refractivity contribution in [3.63, 3.8) is 0 Å². The van der Waals surface area contributed by atoms with E-state index in [0.717, 1.165) is 22.3 Å². The van der Waals surface area contributed by atoms with Crippen molar-refractivity contribution in [1.82, 2.24) is 14.3 Å². The van der Waals surface area contributed by atoms with E-state index in [0.29, 0.717) is 17.0 Å². The summed E-state index contributed by atoms with van der Waals surface area (Å²) in [4.78, 5) is 25.0. The number of hydrogen-bond acceptors (Lipinski definition) is 4. The average Bonchev–Trinajstić information content (AvgIpc) is 3.32. The van der Waals surface area contributed by atoms with Crippen LogP contribution >= 0.6 is 0 Å². The number of ether oxygens (including phenoxy) is 1. The Morgan fingerprint density at radius 1 is 1.03 bits per heavy atom. The molecule has 0 bridgehead atoms. The third-order valence-electron chi connectivity index (χ3n) is 5.82. The van der Waals surface area contributed by atoms with Gasteiger partial charge in [-0.25, -0.2) is 9.07 Å². The van der Waals surface area contributed by atoms with E-state index in [1.165, 1.54) is 29.0 Å². The van der Waals surface area contributed by atoms with Crippen molar-refractivity contribution in [2.75, 3.05) is 12.4 Å². The zero-order valence-electron chi connectivity index (χ0n) is 20.0. The number of anilines is 1. The molecule has 1 N–H and O–H groups in total. The van der Waals surface area contributed by atoms with Gasteiger partial charge in [0, 0.05) is 29.4 Å². The number of amides is 1. The highest BCUT2D eigenvalue weighted by molar-refractivity contribution is 6.01. The Kier molecular flexibility index (Phi) is 6.63. The lowest BCUT2D eigenvalue weighted by molar-refractivity contribution is -0.111. The molecule has 0 aliphatic rings. The van der Waals surface area contributed by atoms with Gasteiger partial charge in [-0.3, -0.25) is 14.2 Å². The Bertz CT molecular complexity index is 1670. The molecule has 2 aromatic heterocycles. The normalized spacial score (nSPS) is 11.2. The molecule has 0 aliphatic carbocycles. The molecule has 0 atom stereocenters. The Hall–Kier alpha value is -4.98. The lowest BCUT2D eigenvalue weighted by Gasteiger charge is -2.10. The van der Waals surface area contributed by atoms with Crippen LogP contribution in [0.4, 0.5) is 10.1 Å². The van der Waals surface area contributed by atoms with Crippen LogP contribution in [-0.4, -0.2) is 27.4 Å². The van der Waals surface area contributed by atoms with Crippen LogP contribution in [0.25, 0.3) is 22.8 Å². The molecule has 7 nitrogen and oxygen atoms in total. The van der Waals surface area contributed by atoms with Crippen LogP contribution in [0.15, 0.2) is 102 Å². The lowest BCUT2D eigenvalue weighted by Crippen LogP contribution is -2.24. The number of hydrogen-bond donors (Lipinski definition) is 1. The topological polar surface area (TPSA) is 78.2 Å². The van der Waals surface area contributed by atoms with Crippen LogP contribution in [-0.2, 0) is 11.3 Å². The van der Waals surface area contributed by atoms with E-state index >= 15 is 0 Å². The molecule has 37 heavy (non-hydrogen) atoms. The van der Waals surface area contributed by atoms with Crippen LogP contribution in [0.1, 0.15) is 11.1 Å². The smallest absolute Gasteiger partial charge is 0.267 e. The predicted octanol–water partition coefficient (Wildman–Crippen LogP) is 5.04. The molecule has 0 spiro atoms. The highest BCUT2D eigenvalue weighted by atomic mass is 19.1. The molecule has 5 aromatic rings. The Morgan fingerprint density at radius 3 is 2.68 bits per heavy atom. The largest absolute Gasteiger partial charge is 0.497 e. The molecular formula is C29H23FN4O3. The maximum absolute atomic E-state index is 13.8. The van der Waals surface area contributed by atoms with Crippen LogP contribution in [0, 0.1) is 5.82 Å². The molecule has 2 heterocycles. The fourth-order valence-electron chi connectivity index (χ4n) is 3.97. The van der Waals surface area contributed by atoms with E-state index < -0.39 is 0 Å². The summed E-state index contributed by atoms with van der Waals surface area (Å²) in [6, 6.07) is 24.0. The summed E-state index contributed by atoms with van der Waals surface area (Å²) in [5.74, 6) is 0.608. The third-order valence-corrected chi connectivity index (χ3v) is 5.82. The second-order valence-corrected chi connectivity index (χ2v) is 8.37. The number of carbonyl (C=O) groups excluding carboxylic acids is 1. The molecule has 5 rings (SSSR count). The molecule has 3 aromatic carbocycles. The molecule has 0 saturated carbocycles. The van der Waals surface area contributed by atoms with Crippen LogP contribution in [0.2, 0.25) is 0 Å². The van der Waals surface area contributed by atoms with Gasteiger partial charge in [0.05, 0.1) is 19.2 Å². The highest BCUT2D eigenvalue weighted by Crippen LogP contribution is 2.20. The summed E-state index contributed by atoms with van der Waals surface area (Å²) in [7, 11) is 1.60. The van der Waals surface area contributed by atoms with Gasteiger partial charge in [0.1, 0.15) is 11.6 Å². The fourth-order valence-corrected chi connectivity index (χ4v) is 3.97. The van der Waals surface area contributed by atoms with E-state index in [-0.39, 0.29) is 23.8 Å². The monoisotopic (exact) mass is 494 g/mol. The van der Waals surface area contributed by atoms with Crippen molar-refractivity contribution >= 4 is 28.6 Å². The number of benzene rings is 3. The standard InChI is InChI=1S/C29H23FN4O3/c1-37-25-10-5-20(6-11-25)7-13-28(35)31-24-4-2-3-21(17-24)19-34-29(36)14-12-27(32-34)33-16-15-22-8-9-23(30)18-26(22)33/h2-18H,19H2,1H3,(H,31,35)/b13-7+. The second-order valence-electron chi connectivity index (χ2n) is 8.37. The Balaban J connectivity index is 1.32. The maximum atomic E-state index is 13.8. The number of halogens is 1. The van der Waals surface area contributed by atoms with Gasteiger partial charge >= 0.3 is 0 Å². The van der Waals surface area contributed by atoms with E-state index in [4.69, 9.17) is 4.74 Å². The Labute approximate surface area is 212 Å². The fraction of sp³-hybridized carbons (Fsp3) is 0.0690. The van der Waals surface area contributed by atoms with Gasteiger partial charge in [-0.1, -0.05) is 24.3 Å². The third kappa shape index (κ3) is 5.48. The summed E-state index contributed by atoms with van der Waals surface area (Å²) in [6.07, 6.45) is 4.95. The van der Waals surface area contributed by atoms with E-state index in [2.05, 4.69) is 10.4 Å². The molecule has 0 unspecified atom stereocenters. The first-order valence-electron chi connectivity index (χ1n) is 11.6. The minimum Gasteiger partial charge on any atom is -0.497 e. The zero-order valence-corrected chi connectivity index (χ0v) is 20.0. The maximum Gasteiger partial charge on any atom is 0.267 e. The van der Waals surface area contributed by atoms with E-state index in [1.807, 2.05) is 36.4 Å². The number of carbonyl (C=O) groups is 1. The molecule has 184 valence electrons. The molecular weight excluding hydrogens is 471 g/mol. The molecule has 8 heteroatoms. The summed E-state index contributed by atoms with van der Waals surface area (Å²) < 4.78 is 22.0. The van der Waals surface area contributed by atoms with Gasteiger partial charge in [0.25, 0.3) is 5.56 Å². The minimum atomic E-state index is -0.349. The number of nitrogens with one attached hydrogen (secondary N) is 1. The summed E-state index contributed by atoms with van der Waals surface area (Å²) in [6.45, 7) is 0.200. The molecule has 0 fully saturated rings. The van der Waals surface area contributed by atoms with Gasteiger partial charge in [-0.05, 0) is 71.8 Å².